The molecule has 0 bridgehead atoms. The van der Waals surface area contributed by atoms with Gasteiger partial charge in [0.05, 0.1) is 10.7 Å². The molecule has 1 heterocycles. The molecule has 0 spiro atoms. The number of aromatic nitrogens is 1. The predicted octanol–water partition coefficient (Wildman–Crippen LogP) is 3.23. The number of hydrogen-bond donors (Lipinski definition) is 1. The molecule has 18 heavy (non-hydrogen) atoms. The third-order valence-electron chi connectivity index (χ3n) is 2.86. The number of benzene rings is 1. The zero-order valence-corrected chi connectivity index (χ0v) is 11.5. The standard InChI is InChI=1S/C14H17FN2S/c1-10-11(2)18-14(17-10)7-8-16-9-12-5-3-4-6-13(12)15/h3-6,16H,7-9H2,1-2H3. The van der Waals surface area contributed by atoms with Gasteiger partial charge in [-0.2, -0.15) is 0 Å². The summed E-state index contributed by atoms with van der Waals surface area (Å²) in [6.45, 7) is 5.50. The van der Waals surface area contributed by atoms with Gasteiger partial charge < -0.3 is 5.32 Å². The lowest BCUT2D eigenvalue weighted by Gasteiger charge is -2.04. The topological polar surface area (TPSA) is 24.9 Å². The van der Waals surface area contributed by atoms with E-state index in [0.717, 1.165) is 23.7 Å². The van der Waals surface area contributed by atoms with Crippen LogP contribution >= 0.6 is 11.3 Å². The Bertz CT molecular complexity index is 503. The van der Waals surface area contributed by atoms with Gasteiger partial charge in [-0.25, -0.2) is 9.37 Å². The average Bonchev–Trinajstić information content (AvgIpc) is 2.66. The Morgan fingerprint density at radius 2 is 2.06 bits per heavy atom. The first kappa shape index (κ1) is 13.2. The lowest BCUT2D eigenvalue weighted by Crippen LogP contribution is -2.17. The number of halogens is 1. The van der Waals surface area contributed by atoms with E-state index in [2.05, 4.69) is 17.2 Å². The van der Waals surface area contributed by atoms with Crippen LogP contribution in [0, 0.1) is 19.7 Å². The number of nitrogens with zero attached hydrogens (tertiary/aromatic N) is 1. The molecule has 2 nitrogen and oxygen atoms in total. The number of aryl methyl sites for hydroxylation is 2. The van der Waals surface area contributed by atoms with E-state index in [4.69, 9.17) is 0 Å². The summed E-state index contributed by atoms with van der Waals surface area (Å²) < 4.78 is 13.3. The maximum atomic E-state index is 13.3. The van der Waals surface area contributed by atoms with Crippen molar-refractivity contribution in [3.05, 3.63) is 51.2 Å². The normalized spacial score (nSPS) is 10.8. The number of nitrogens with one attached hydrogen (secondary N) is 1. The highest BCUT2D eigenvalue weighted by atomic mass is 32.1. The fourth-order valence-electron chi connectivity index (χ4n) is 1.71. The van der Waals surface area contributed by atoms with Crippen LogP contribution in [0.25, 0.3) is 0 Å². The van der Waals surface area contributed by atoms with E-state index >= 15 is 0 Å². The van der Waals surface area contributed by atoms with Crippen molar-refractivity contribution >= 4 is 11.3 Å². The van der Waals surface area contributed by atoms with E-state index in [1.54, 1.807) is 23.5 Å². The van der Waals surface area contributed by atoms with Gasteiger partial charge in [0.1, 0.15) is 5.82 Å². The van der Waals surface area contributed by atoms with Gasteiger partial charge in [-0.15, -0.1) is 11.3 Å². The minimum Gasteiger partial charge on any atom is -0.312 e. The first-order valence-corrected chi connectivity index (χ1v) is 6.85. The maximum Gasteiger partial charge on any atom is 0.127 e. The second kappa shape index (κ2) is 6.07. The molecule has 0 fully saturated rings. The molecule has 0 aliphatic rings. The third kappa shape index (κ3) is 3.37. The van der Waals surface area contributed by atoms with Gasteiger partial charge in [0.25, 0.3) is 0 Å². The zero-order valence-electron chi connectivity index (χ0n) is 10.7. The first-order valence-electron chi connectivity index (χ1n) is 6.04. The summed E-state index contributed by atoms with van der Waals surface area (Å²) in [6.07, 6.45) is 0.897. The Morgan fingerprint density at radius 1 is 1.28 bits per heavy atom. The molecule has 4 heteroatoms. The molecule has 1 aromatic carbocycles. The molecule has 0 aliphatic carbocycles. The molecule has 0 amide bonds. The number of thiazole rings is 1. The molecule has 96 valence electrons. The monoisotopic (exact) mass is 264 g/mol. The summed E-state index contributed by atoms with van der Waals surface area (Å²) >= 11 is 1.74. The van der Waals surface area contributed by atoms with E-state index in [-0.39, 0.29) is 5.82 Å². The summed E-state index contributed by atoms with van der Waals surface area (Å²) in [5.41, 5.74) is 1.83. The van der Waals surface area contributed by atoms with Crippen LogP contribution in [0.4, 0.5) is 4.39 Å². The minimum absolute atomic E-state index is 0.147. The Morgan fingerprint density at radius 3 is 2.72 bits per heavy atom. The largest absolute Gasteiger partial charge is 0.312 e. The Kier molecular flexibility index (Phi) is 4.44. The summed E-state index contributed by atoms with van der Waals surface area (Å²) in [5.74, 6) is -0.147. The van der Waals surface area contributed by atoms with Crippen LogP contribution in [0.2, 0.25) is 0 Å². The van der Waals surface area contributed by atoms with Crippen molar-refractivity contribution in [1.29, 1.82) is 0 Å². The smallest absolute Gasteiger partial charge is 0.127 e. The molecule has 2 rings (SSSR count). The lowest BCUT2D eigenvalue weighted by molar-refractivity contribution is 0.588. The van der Waals surface area contributed by atoms with Crippen LogP contribution in [0.15, 0.2) is 24.3 Å². The Hall–Kier alpha value is -1.26. The van der Waals surface area contributed by atoms with Gasteiger partial charge in [0, 0.05) is 30.0 Å². The summed E-state index contributed by atoms with van der Waals surface area (Å²) in [4.78, 5) is 5.75. The average molecular weight is 264 g/mol. The molecule has 0 aliphatic heterocycles. The van der Waals surface area contributed by atoms with E-state index in [0.29, 0.717) is 12.1 Å². The van der Waals surface area contributed by atoms with Crippen molar-refractivity contribution in [2.45, 2.75) is 26.8 Å². The highest BCUT2D eigenvalue weighted by Crippen LogP contribution is 2.16. The van der Waals surface area contributed by atoms with E-state index in [9.17, 15) is 4.39 Å². The van der Waals surface area contributed by atoms with E-state index in [1.807, 2.05) is 13.0 Å². The van der Waals surface area contributed by atoms with Gasteiger partial charge in [-0.3, -0.25) is 0 Å². The molecule has 1 aromatic heterocycles. The van der Waals surface area contributed by atoms with Crippen molar-refractivity contribution in [3.63, 3.8) is 0 Å². The van der Waals surface area contributed by atoms with E-state index < -0.39 is 0 Å². The van der Waals surface area contributed by atoms with Crippen molar-refractivity contribution in [3.8, 4) is 0 Å². The van der Waals surface area contributed by atoms with Crippen molar-refractivity contribution < 1.29 is 4.39 Å². The van der Waals surface area contributed by atoms with E-state index in [1.165, 1.54) is 10.9 Å². The first-order chi connectivity index (χ1) is 8.66. The van der Waals surface area contributed by atoms with Crippen LogP contribution < -0.4 is 5.32 Å². The highest BCUT2D eigenvalue weighted by molar-refractivity contribution is 7.11. The van der Waals surface area contributed by atoms with Gasteiger partial charge >= 0.3 is 0 Å². The third-order valence-corrected chi connectivity index (χ3v) is 3.99. The van der Waals surface area contributed by atoms with Crippen LogP contribution in [0.5, 0.6) is 0 Å². The number of hydrogen-bond acceptors (Lipinski definition) is 3. The number of rotatable bonds is 5. The van der Waals surface area contributed by atoms with Crippen LogP contribution in [0.1, 0.15) is 21.1 Å². The molecular formula is C14H17FN2S. The summed E-state index contributed by atoms with van der Waals surface area (Å²) in [5, 5.41) is 4.39. The molecule has 0 unspecified atom stereocenters. The second-order valence-electron chi connectivity index (χ2n) is 4.27. The molecule has 0 atom stereocenters. The van der Waals surface area contributed by atoms with Crippen molar-refractivity contribution in [2.75, 3.05) is 6.54 Å². The lowest BCUT2D eigenvalue weighted by atomic mass is 10.2. The van der Waals surface area contributed by atoms with Crippen LogP contribution in [-0.2, 0) is 13.0 Å². The molecule has 2 aromatic rings. The molecule has 0 saturated heterocycles. The fraction of sp³-hybridized carbons (Fsp3) is 0.357. The maximum absolute atomic E-state index is 13.3. The minimum atomic E-state index is -0.147. The fourth-order valence-corrected chi connectivity index (χ4v) is 2.64. The van der Waals surface area contributed by atoms with Crippen LogP contribution in [0.3, 0.4) is 0 Å². The summed E-state index contributed by atoms with van der Waals surface area (Å²) in [6, 6.07) is 6.86. The van der Waals surface area contributed by atoms with Crippen molar-refractivity contribution in [2.24, 2.45) is 0 Å². The Balaban J connectivity index is 1.78. The predicted molar refractivity (Wildman–Crippen MR) is 73.4 cm³/mol. The molecule has 1 N–H and O–H groups in total. The van der Waals surface area contributed by atoms with Gasteiger partial charge in [-0.1, -0.05) is 18.2 Å². The quantitative estimate of drug-likeness (QED) is 0.839. The molecule has 0 saturated carbocycles. The SMILES string of the molecule is Cc1nc(CCNCc2ccccc2F)sc1C. The highest BCUT2D eigenvalue weighted by Gasteiger charge is 2.03. The van der Waals surface area contributed by atoms with Gasteiger partial charge in [-0.05, 0) is 19.9 Å². The second-order valence-corrected chi connectivity index (χ2v) is 5.56. The summed E-state index contributed by atoms with van der Waals surface area (Å²) in [7, 11) is 0. The molecule has 0 radical (unpaired) electrons. The van der Waals surface area contributed by atoms with Crippen molar-refractivity contribution in [1.82, 2.24) is 10.3 Å². The van der Waals surface area contributed by atoms with Gasteiger partial charge in [0.2, 0.25) is 0 Å². The van der Waals surface area contributed by atoms with Gasteiger partial charge in [0.15, 0.2) is 0 Å². The Labute approximate surface area is 111 Å². The van der Waals surface area contributed by atoms with Crippen LogP contribution in [-0.4, -0.2) is 11.5 Å². The zero-order chi connectivity index (χ0) is 13.0. The molecular weight excluding hydrogens is 247 g/mol.